The molecule has 1 unspecified atom stereocenters. The van der Waals surface area contributed by atoms with E-state index in [1.807, 2.05) is 26.8 Å². The summed E-state index contributed by atoms with van der Waals surface area (Å²) >= 11 is 0. The smallest absolute Gasteiger partial charge is 0.350 e. The average molecular weight is 598 g/mol. The van der Waals surface area contributed by atoms with Crippen molar-refractivity contribution < 1.29 is 23.2 Å². The summed E-state index contributed by atoms with van der Waals surface area (Å²) < 4.78 is 32.0. The Hall–Kier alpha value is -3.83. The molecule has 43 heavy (non-hydrogen) atoms. The van der Waals surface area contributed by atoms with Crippen molar-refractivity contribution >= 4 is 23.2 Å². The maximum Gasteiger partial charge on any atom is 0.383 e. The summed E-state index contributed by atoms with van der Waals surface area (Å²) in [4.78, 5) is 47.8. The minimum absolute atomic E-state index is 0.00133. The van der Waals surface area contributed by atoms with E-state index in [4.69, 9.17) is 4.98 Å². The molecule has 0 saturated heterocycles. The number of fused-ring (bicyclic) bond motifs is 1. The van der Waals surface area contributed by atoms with E-state index >= 15 is 8.78 Å². The number of carbonyl (C=O) groups excluding carboxylic acids is 3. The summed E-state index contributed by atoms with van der Waals surface area (Å²) in [7, 11) is 0. The molecular formula is C31H41F2N7O3. The number of aryl methyl sites for hydroxylation is 1. The summed E-state index contributed by atoms with van der Waals surface area (Å²) in [6.07, 6.45) is 11.2. The molecule has 1 saturated carbocycles. The van der Waals surface area contributed by atoms with Crippen molar-refractivity contribution in [2.24, 2.45) is 11.8 Å². The number of pyridine rings is 1. The molecule has 3 aromatic rings. The third-order valence-electron chi connectivity index (χ3n) is 7.84. The second kappa shape index (κ2) is 14.6. The third-order valence-corrected chi connectivity index (χ3v) is 7.84. The Labute approximate surface area is 250 Å². The van der Waals surface area contributed by atoms with Crippen LogP contribution in [-0.4, -0.2) is 60.7 Å². The lowest BCUT2D eigenvalue weighted by Crippen LogP contribution is -2.55. The van der Waals surface area contributed by atoms with Gasteiger partial charge in [0.1, 0.15) is 5.82 Å². The molecule has 0 aliphatic heterocycles. The van der Waals surface area contributed by atoms with Gasteiger partial charge in [-0.1, -0.05) is 59.3 Å². The van der Waals surface area contributed by atoms with Crippen LogP contribution in [0.5, 0.6) is 0 Å². The van der Waals surface area contributed by atoms with Gasteiger partial charge in [-0.05, 0) is 43.2 Å². The van der Waals surface area contributed by atoms with E-state index in [-0.39, 0.29) is 37.0 Å². The number of halogens is 2. The van der Waals surface area contributed by atoms with Crippen molar-refractivity contribution in [1.29, 1.82) is 0 Å². The van der Waals surface area contributed by atoms with Gasteiger partial charge in [-0.2, -0.15) is 8.78 Å². The monoisotopic (exact) mass is 597 g/mol. The summed E-state index contributed by atoms with van der Waals surface area (Å²) in [5, 5.41) is 13.2. The van der Waals surface area contributed by atoms with Gasteiger partial charge in [0.2, 0.25) is 11.7 Å². The highest BCUT2D eigenvalue weighted by molar-refractivity contribution is 6.10. The van der Waals surface area contributed by atoms with Crippen molar-refractivity contribution in [2.45, 2.75) is 96.9 Å². The van der Waals surface area contributed by atoms with E-state index in [9.17, 15) is 14.4 Å². The van der Waals surface area contributed by atoms with Crippen molar-refractivity contribution in [3.8, 4) is 11.3 Å². The molecule has 0 spiro atoms. The minimum Gasteiger partial charge on any atom is -0.350 e. The van der Waals surface area contributed by atoms with Gasteiger partial charge in [0.05, 0.1) is 23.9 Å². The molecule has 1 aliphatic rings. The molecule has 2 amide bonds. The maximum absolute atomic E-state index is 15.1. The quantitative estimate of drug-likeness (QED) is 0.262. The van der Waals surface area contributed by atoms with Gasteiger partial charge in [0.25, 0.3) is 5.91 Å². The summed E-state index contributed by atoms with van der Waals surface area (Å²) in [5.41, 5.74) is 2.60. The van der Waals surface area contributed by atoms with E-state index in [1.54, 1.807) is 29.1 Å². The van der Waals surface area contributed by atoms with Gasteiger partial charge in [0, 0.05) is 30.7 Å². The largest absolute Gasteiger partial charge is 0.383 e. The number of aromatic nitrogens is 5. The molecule has 1 aliphatic carbocycles. The molecular weight excluding hydrogens is 556 g/mol. The van der Waals surface area contributed by atoms with Gasteiger partial charge in [-0.3, -0.25) is 23.8 Å². The van der Waals surface area contributed by atoms with E-state index in [1.165, 1.54) is 0 Å². The zero-order valence-electron chi connectivity index (χ0n) is 25.1. The molecule has 10 nitrogen and oxygen atoms in total. The number of nitrogens with one attached hydrogen (secondary N) is 2. The standard InChI is InChI=1S/C31H41F2N7O3/c1-4-9-23-29-39-38-26(40(29)19-25(36-23)22-12-8-14-34-18-22)17-27(41)37-24(16-21-10-6-5-7-11-21)28(42)31(32,33)30(43)35-15-13-20(2)3/h8,12,14,18-21,24H,4-7,9-11,13,15-17H2,1-3H3,(H,35,43)(H,37,41). The first-order chi connectivity index (χ1) is 20.6. The van der Waals surface area contributed by atoms with Gasteiger partial charge in [0.15, 0.2) is 5.65 Å². The number of rotatable bonds is 14. The lowest BCUT2D eigenvalue weighted by Gasteiger charge is -2.28. The fraction of sp³-hybridized carbons (Fsp3) is 0.581. The van der Waals surface area contributed by atoms with Crippen molar-refractivity contribution in [1.82, 2.24) is 35.2 Å². The van der Waals surface area contributed by atoms with Crippen LogP contribution in [0, 0.1) is 11.8 Å². The summed E-state index contributed by atoms with van der Waals surface area (Å²) in [5.74, 6) is -7.68. The van der Waals surface area contributed by atoms with Crippen LogP contribution in [0.2, 0.25) is 0 Å². The Morgan fingerprint density at radius 3 is 2.58 bits per heavy atom. The molecule has 0 bridgehead atoms. The van der Waals surface area contributed by atoms with Crippen LogP contribution in [0.25, 0.3) is 16.9 Å². The summed E-state index contributed by atoms with van der Waals surface area (Å²) in [6, 6.07) is 2.16. The molecule has 1 atom stereocenters. The molecule has 0 aromatic carbocycles. The first-order valence-electron chi connectivity index (χ1n) is 15.2. The number of hydrogen-bond donors (Lipinski definition) is 2. The highest BCUT2D eigenvalue weighted by Gasteiger charge is 2.50. The van der Waals surface area contributed by atoms with Gasteiger partial charge in [-0.25, -0.2) is 4.98 Å². The fourth-order valence-corrected chi connectivity index (χ4v) is 5.47. The molecule has 2 N–H and O–H groups in total. The lowest BCUT2D eigenvalue weighted by atomic mass is 9.83. The first-order valence-corrected chi connectivity index (χ1v) is 15.2. The van der Waals surface area contributed by atoms with Gasteiger partial charge >= 0.3 is 5.92 Å². The lowest BCUT2D eigenvalue weighted by molar-refractivity contribution is -0.160. The molecule has 3 heterocycles. The zero-order valence-corrected chi connectivity index (χ0v) is 25.1. The number of hydrogen-bond acceptors (Lipinski definition) is 7. The van der Waals surface area contributed by atoms with Crippen molar-refractivity contribution in [3.63, 3.8) is 0 Å². The highest BCUT2D eigenvalue weighted by Crippen LogP contribution is 2.30. The number of carbonyl (C=O) groups is 3. The number of alkyl halides is 2. The molecule has 1 fully saturated rings. The Bertz CT molecular complexity index is 1410. The van der Waals surface area contributed by atoms with E-state index in [0.717, 1.165) is 44.1 Å². The van der Waals surface area contributed by atoms with Gasteiger partial charge < -0.3 is 10.6 Å². The molecule has 12 heteroatoms. The van der Waals surface area contributed by atoms with Crippen LogP contribution in [0.3, 0.4) is 0 Å². The van der Waals surface area contributed by atoms with Gasteiger partial charge in [-0.15, -0.1) is 10.2 Å². The second-order valence-corrected chi connectivity index (χ2v) is 11.8. The van der Waals surface area contributed by atoms with Crippen LogP contribution in [0.1, 0.15) is 83.7 Å². The Kier molecular flexibility index (Phi) is 10.9. The van der Waals surface area contributed by atoms with Crippen molar-refractivity contribution in [3.05, 3.63) is 42.2 Å². The van der Waals surface area contributed by atoms with Crippen LogP contribution >= 0.6 is 0 Å². The predicted octanol–water partition coefficient (Wildman–Crippen LogP) is 4.50. The summed E-state index contributed by atoms with van der Waals surface area (Å²) in [6.45, 7) is 5.87. The van der Waals surface area contributed by atoms with Crippen LogP contribution in [0.4, 0.5) is 8.78 Å². The molecule has 3 aromatic heterocycles. The van der Waals surface area contributed by atoms with E-state index < -0.39 is 29.6 Å². The number of amides is 2. The SMILES string of the molecule is CCCc1nc(-c2cccnc2)cn2c(CC(=O)NC(CC3CCCCC3)C(=O)C(F)(F)C(=O)NCCC(C)C)nnc12. The number of ketones is 1. The highest BCUT2D eigenvalue weighted by atomic mass is 19.3. The van der Waals surface area contributed by atoms with Crippen LogP contribution in [-0.2, 0) is 27.2 Å². The van der Waals surface area contributed by atoms with Crippen LogP contribution in [0.15, 0.2) is 30.7 Å². The maximum atomic E-state index is 15.1. The minimum atomic E-state index is -4.27. The Morgan fingerprint density at radius 2 is 1.91 bits per heavy atom. The number of nitrogens with zero attached hydrogens (tertiary/aromatic N) is 5. The third kappa shape index (κ3) is 8.17. The predicted molar refractivity (Wildman–Crippen MR) is 157 cm³/mol. The molecule has 232 valence electrons. The Balaban J connectivity index is 1.56. The topological polar surface area (TPSA) is 131 Å². The van der Waals surface area contributed by atoms with E-state index in [2.05, 4.69) is 25.8 Å². The van der Waals surface area contributed by atoms with Crippen molar-refractivity contribution in [2.75, 3.05) is 6.54 Å². The normalized spacial score (nSPS) is 15.0. The number of Topliss-reactive ketones (excluding diaryl/α,β-unsaturated/α-hetero) is 1. The van der Waals surface area contributed by atoms with Crippen LogP contribution < -0.4 is 10.6 Å². The first kappa shape index (κ1) is 32.1. The second-order valence-electron chi connectivity index (χ2n) is 11.8. The average Bonchev–Trinajstić information content (AvgIpc) is 3.39. The fourth-order valence-electron chi connectivity index (χ4n) is 5.47. The molecule has 4 rings (SSSR count). The molecule has 0 radical (unpaired) electrons. The zero-order chi connectivity index (χ0) is 31.0. The van der Waals surface area contributed by atoms with E-state index in [0.29, 0.717) is 29.9 Å². The Morgan fingerprint density at radius 1 is 1.14 bits per heavy atom.